The highest BCUT2D eigenvalue weighted by Crippen LogP contribution is 2.58. The molecule has 5 rings (SSSR count). The second kappa shape index (κ2) is 6.25. The molecule has 0 spiro atoms. The Morgan fingerprint density at radius 2 is 1.83 bits per heavy atom. The second-order valence-corrected chi connectivity index (χ2v) is 8.37. The molecule has 1 aromatic carbocycles. The Bertz CT molecular complexity index is 595. The van der Waals surface area contributed by atoms with E-state index in [0.717, 1.165) is 29.1 Å². The Labute approximate surface area is 149 Å². The van der Waals surface area contributed by atoms with Crippen LogP contribution in [-0.2, 0) is 11.3 Å². The first-order valence-corrected chi connectivity index (χ1v) is 9.65. The molecule has 130 valence electrons. The summed E-state index contributed by atoms with van der Waals surface area (Å²) in [6.07, 6.45) is 7.65. The Kier molecular flexibility index (Phi) is 4.24. The molecule has 4 bridgehead atoms. The maximum atomic E-state index is 12.7. The molecule has 0 aromatic heterocycles. The van der Waals surface area contributed by atoms with Gasteiger partial charge in [-0.3, -0.25) is 4.79 Å². The fourth-order valence-corrected chi connectivity index (χ4v) is 6.09. The van der Waals surface area contributed by atoms with Crippen LogP contribution in [0.5, 0.6) is 5.75 Å². The molecular formula is C20H26ClNO2. The van der Waals surface area contributed by atoms with Crippen LogP contribution < -0.4 is 4.74 Å². The summed E-state index contributed by atoms with van der Waals surface area (Å²) >= 11 is 6.00. The number of rotatable bonds is 5. The largest absolute Gasteiger partial charge is 0.497 e. The van der Waals surface area contributed by atoms with E-state index in [-0.39, 0.29) is 17.3 Å². The standard InChI is InChI=1S/C20H26ClNO2/c1-24-18-4-2-3-14(8-18)13-22(19(23)12-21)20-9-15-5-16(10-20)7-17(6-15)11-20/h2-4,8,15-17H,5-7,9-13H2,1H3. The van der Waals surface area contributed by atoms with Crippen molar-refractivity contribution in [2.24, 2.45) is 17.8 Å². The van der Waals surface area contributed by atoms with Crippen LogP contribution in [0.1, 0.15) is 44.1 Å². The maximum absolute atomic E-state index is 12.7. The summed E-state index contributed by atoms with van der Waals surface area (Å²) in [5.41, 5.74) is 1.17. The molecule has 3 nitrogen and oxygen atoms in total. The summed E-state index contributed by atoms with van der Waals surface area (Å²) in [5, 5.41) is 0. The van der Waals surface area contributed by atoms with E-state index < -0.39 is 0 Å². The summed E-state index contributed by atoms with van der Waals surface area (Å²) in [4.78, 5) is 14.9. The third kappa shape index (κ3) is 2.81. The van der Waals surface area contributed by atoms with E-state index in [0.29, 0.717) is 6.54 Å². The number of hydrogen-bond donors (Lipinski definition) is 0. The SMILES string of the molecule is COc1cccc(CN(C(=O)CCl)C23CC4CC(CC(C4)C2)C3)c1. The molecule has 4 fully saturated rings. The van der Waals surface area contributed by atoms with Crippen LogP contribution in [-0.4, -0.2) is 29.3 Å². The Morgan fingerprint density at radius 1 is 1.21 bits per heavy atom. The topological polar surface area (TPSA) is 29.5 Å². The van der Waals surface area contributed by atoms with Gasteiger partial charge in [0.1, 0.15) is 11.6 Å². The van der Waals surface area contributed by atoms with Gasteiger partial charge in [-0.15, -0.1) is 11.6 Å². The molecule has 0 atom stereocenters. The number of carbonyl (C=O) groups excluding carboxylic acids is 1. The van der Waals surface area contributed by atoms with Gasteiger partial charge in [0, 0.05) is 12.1 Å². The van der Waals surface area contributed by atoms with E-state index in [4.69, 9.17) is 16.3 Å². The average Bonchev–Trinajstić information content (AvgIpc) is 2.58. The quantitative estimate of drug-likeness (QED) is 0.746. The molecule has 4 saturated carbocycles. The summed E-state index contributed by atoms with van der Waals surface area (Å²) in [5.74, 6) is 3.44. The number of alkyl halides is 1. The lowest BCUT2D eigenvalue weighted by molar-refractivity contribution is -0.149. The number of nitrogens with zero attached hydrogens (tertiary/aromatic N) is 1. The third-order valence-electron chi connectivity index (χ3n) is 6.47. The molecule has 4 heteroatoms. The monoisotopic (exact) mass is 347 g/mol. The van der Waals surface area contributed by atoms with E-state index in [1.165, 1.54) is 38.5 Å². The molecule has 0 radical (unpaired) electrons. The first-order chi connectivity index (χ1) is 11.6. The van der Waals surface area contributed by atoms with Gasteiger partial charge in [0.15, 0.2) is 0 Å². The smallest absolute Gasteiger partial charge is 0.238 e. The van der Waals surface area contributed by atoms with Crippen molar-refractivity contribution < 1.29 is 9.53 Å². The number of benzene rings is 1. The predicted octanol–water partition coefficient (Wildman–Crippen LogP) is 4.23. The number of carbonyl (C=O) groups is 1. The fourth-order valence-electron chi connectivity index (χ4n) is 5.94. The van der Waals surface area contributed by atoms with Crippen LogP contribution in [0.25, 0.3) is 0 Å². The van der Waals surface area contributed by atoms with Crippen LogP contribution >= 0.6 is 11.6 Å². The van der Waals surface area contributed by atoms with Gasteiger partial charge in [-0.25, -0.2) is 0 Å². The maximum Gasteiger partial charge on any atom is 0.238 e. The highest BCUT2D eigenvalue weighted by Gasteiger charge is 2.54. The highest BCUT2D eigenvalue weighted by atomic mass is 35.5. The van der Waals surface area contributed by atoms with Crippen molar-refractivity contribution in [2.45, 2.75) is 50.6 Å². The minimum Gasteiger partial charge on any atom is -0.497 e. The molecule has 0 aliphatic heterocycles. The van der Waals surface area contributed by atoms with Crippen molar-refractivity contribution in [3.05, 3.63) is 29.8 Å². The number of hydrogen-bond acceptors (Lipinski definition) is 2. The van der Waals surface area contributed by atoms with Crippen molar-refractivity contribution in [1.29, 1.82) is 0 Å². The summed E-state index contributed by atoms with van der Waals surface area (Å²) in [7, 11) is 1.68. The lowest BCUT2D eigenvalue weighted by Crippen LogP contribution is -2.61. The van der Waals surface area contributed by atoms with E-state index in [9.17, 15) is 4.79 Å². The lowest BCUT2D eigenvalue weighted by Gasteiger charge is -2.60. The van der Waals surface area contributed by atoms with E-state index >= 15 is 0 Å². The van der Waals surface area contributed by atoms with Gasteiger partial charge in [0.05, 0.1) is 7.11 Å². The van der Waals surface area contributed by atoms with Gasteiger partial charge in [0.25, 0.3) is 0 Å². The summed E-state index contributed by atoms with van der Waals surface area (Å²) in [6, 6.07) is 8.06. The van der Waals surface area contributed by atoms with Crippen molar-refractivity contribution >= 4 is 17.5 Å². The molecule has 0 N–H and O–H groups in total. The van der Waals surface area contributed by atoms with Gasteiger partial charge in [-0.05, 0) is 74.0 Å². The molecule has 1 aromatic rings. The molecule has 1 amide bonds. The van der Waals surface area contributed by atoms with Gasteiger partial charge < -0.3 is 9.64 Å². The third-order valence-corrected chi connectivity index (χ3v) is 6.70. The minimum atomic E-state index is 0.0454. The summed E-state index contributed by atoms with van der Waals surface area (Å²) in [6.45, 7) is 0.648. The van der Waals surface area contributed by atoms with Gasteiger partial charge in [-0.2, -0.15) is 0 Å². The van der Waals surface area contributed by atoms with Crippen LogP contribution in [0.4, 0.5) is 0 Å². The first-order valence-electron chi connectivity index (χ1n) is 9.11. The minimum absolute atomic E-state index is 0.0454. The fraction of sp³-hybridized carbons (Fsp3) is 0.650. The molecule has 0 heterocycles. The van der Waals surface area contributed by atoms with Crippen LogP contribution in [0.3, 0.4) is 0 Å². The van der Waals surface area contributed by atoms with Crippen LogP contribution in [0, 0.1) is 17.8 Å². The van der Waals surface area contributed by atoms with E-state index in [1.807, 2.05) is 18.2 Å². The lowest BCUT2D eigenvalue weighted by atomic mass is 9.52. The Balaban J connectivity index is 1.63. The molecule has 4 aliphatic carbocycles. The molecule has 24 heavy (non-hydrogen) atoms. The van der Waals surface area contributed by atoms with E-state index in [2.05, 4.69) is 11.0 Å². The van der Waals surface area contributed by atoms with Gasteiger partial charge in [0.2, 0.25) is 5.91 Å². The zero-order chi connectivity index (χ0) is 16.7. The average molecular weight is 348 g/mol. The van der Waals surface area contributed by atoms with Gasteiger partial charge in [-0.1, -0.05) is 12.1 Å². The molecule has 4 aliphatic rings. The summed E-state index contributed by atoms with van der Waals surface area (Å²) < 4.78 is 5.34. The number of halogens is 1. The molecular weight excluding hydrogens is 322 g/mol. The van der Waals surface area contributed by atoms with Crippen molar-refractivity contribution in [2.75, 3.05) is 13.0 Å². The predicted molar refractivity (Wildman–Crippen MR) is 95.2 cm³/mol. The van der Waals surface area contributed by atoms with Crippen LogP contribution in [0.15, 0.2) is 24.3 Å². The first kappa shape index (κ1) is 16.3. The van der Waals surface area contributed by atoms with E-state index in [1.54, 1.807) is 7.11 Å². The second-order valence-electron chi connectivity index (χ2n) is 8.11. The normalized spacial score (nSPS) is 33.5. The highest BCUT2D eigenvalue weighted by molar-refractivity contribution is 6.27. The van der Waals surface area contributed by atoms with Crippen molar-refractivity contribution in [1.82, 2.24) is 4.90 Å². The Hall–Kier alpha value is -1.22. The van der Waals surface area contributed by atoms with Crippen LogP contribution in [0.2, 0.25) is 0 Å². The van der Waals surface area contributed by atoms with Gasteiger partial charge >= 0.3 is 0 Å². The zero-order valence-electron chi connectivity index (χ0n) is 14.3. The van der Waals surface area contributed by atoms with Crippen molar-refractivity contribution in [3.8, 4) is 5.75 Å². The number of ether oxygens (including phenoxy) is 1. The molecule has 0 saturated heterocycles. The Morgan fingerprint density at radius 3 is 2.38 bits per heavy atom. The molecule has 0 unspecified atom stereocenters. The zero-order valence-corrected chi connectivity index (χ0v) is 15.1. The number of amides is 1. The number of methoxy groups -OCH3 is 1. The van der Waals surface area contributed by atoms with Crippen molar-refractivity contribution in [3.63, 3.8) is 0 Å².